The van der Waals surface area contributed by atoms with Gasteiger partial charge in [0.25, 0.3) is 0 Å². The van der Waals surface area contributed by atoms with Crippen LogP contribution in [0.5, 0.6) is 0 Å². The number of hydrogen-bond donors (Lipinski definition) is 4. The molecule has 1 fully saturated rings. The summed E-state index contributed by atoms with van der Waals surface area (Å²) >= 11 is 0. The smallest absolute Gasteiger partial charge is 0.326 e. The normalized spacial score (nSPS) is 22.7. The number of aryl methyl sites for hydroxylation is 1. The SMILES string of the molecule is O=C(N[C@@H](CCc1ccccc1)C(=O)O)C1CC(O)CN1. The number of amides is 1. The van der Waals surface area contributed by atoms with Crippen LogP contribution in [0.3, 0.4) is 0 Å². The van der Waals surface area contributed by atoms with Crippen LogP contribution in [-0.4, -0.2) is 46.8 Å². The van der Waals surface area contributed by atoms with Crippen molar-refractivity contribution in [2.24, 2.45) is 0 Å². The number of carboxylic acids is 1. The van der Waals surface area contributed by atoms with Gasteiger partial charge in [-0.1, -0.05) is 30.3 Å². The summed E-state index contributed by atoms with van der Waals surface area (Å²) in [5.74, 6) is -1.41. The Bertz CT molecular complexity index is 492. The van der Waals surface area contributed by atoms with E-state index in [1.807, 2.05) is 30.3 Å². The minimum atomic E-state index is -1.04. The molecule has 1 amide bonds. The molecule has 3 atom stereocenters. The second-order valence-electron chi connectivity index (χ2n) is 5.27. The highest BCUT2D eigenvalue weighted by Gasteiger charge is 2.30. The first-order valence-electron chi connectivity index (χ1n) is 7.05. The van der Waals surface area contributed by atoms with E-state index in [1.54, 1.807) is 0 Å². The molecule has 0 bridgehead atoms. The topological polar surface area (TPSA) is 98.7 Å². The quantitative estimate of drug-likeness (QED) is 0.587. The minimum Gasteiger partial charge on any atom is -0.480 e. The van der Waals surface area contributed by atoms with Gasteiger partial charge in [-0.05, 0) is 24.8 Å². The standard InChI is InChI=1S/C15H20N2O4/c18-11-8-13(16-9-11)14(19)17-12(15(20)21)7-6-10-4-2-1-3-5-10/h1-5,11-13,16,18H,6-9H2,(H,17,19)(H,20,21)/t11?,12-,13?/m0/s1. The van der Waals surface area contributed by atoms with Crippen LogP contribution in [0.4, 0.5) is 0 Å². The Morgan fingerprint density at radius 3 is 2.62 bits per heavy atom. The van der Waals surface area contributed by atoms with Gasteiger partial charge in [0.1, 0.15) is 6.04 Å². The summed E-state index contributed by atoms with van der Waals surface area (Å²) in [4.78, 5) is 23.2. The van der Waals surface area contributed by atoms with Gasteiger partial charge in [-0.25, -0.2) is 4.79 Å². The van der Waals surface area contributed by atoms with Gasteiger partial charge in [0.2, 0.25) is 5.91 Å². The van der Waals surface area contributed by atoms with Crippen molar-refractivity contribution in [3.63, 3.8) is 0 Å². The third-order valence-corrected chi connectivity index (χ3v) is 3.60. The lowest BCUT2D eigenvalue weighted by Crippen LogP contribution is -2.48. The monoisotopic (exact) mass is 292 g/mol. The van der Waals surface area contributed by atoms with Crippen molar-refractivity contribution in [3.8, 4) is 0 Å². The van der Waals surface area contributed by atoms with Gasteiger partial charge < -0.3 is 20.8 Å². The molecular weight excluding hydrogens is 272 g/mol. The zero-order chi connectivity index (χ0) is 15.2. The Kier molecular flexibility index (Phi) is 5.30. The zero-order valence-electron chi connectivity index (χ0n) is 11.7. The maximum Gasteiger partial charge on any atom is 0.326 e. The van der Waals surface area contributed by atoms with Crippen molar-refractivity contribution >= 4 is 11.9 Å². The van der Waals surface area contributed by atoms with Crippen molar-refractivity contribution in [2.75, 3.05) is 6.54 Å². The summed E-state index contributed by atoms with van der Waals surface area (Å²) in [6, 6.07) is 8.11. The van der Waals surface area contributed by atoms with Gasteiger partial charge in [-0.2, -0.15) is 0 Å². The molecule has 6 heteroatoms. The molecule has 21 heavy (non-hydrogen) atoms. The van der Waals surface area contributed by atoms with Crippen molar-refractivity contribution in [3.05, 3.63) is 35.9 Å². The second-order valence-corrected chi connectivity index (χ2v) is 5.27. The second kappa shape index (κ2) is 7.19. The molecule has 1 aliphatic heterocycles. The fourth-order valence-corrected chi connectivity index (χ4v) is 2.40. The predicted octanol–water partition coefficient (Wildman–Crippen LogP) is -0.0886. The minimum absolute atomic E-state index is 0.316. The Balaban J connectivity index is 1.87. The van der Waals surface area contributed by atoms with E-state index in [9.17, 15) is 19.8 Å². The van der Waals surface area contributed by atoms with Crippen molar-refractivity contribution in [1.82, 2.24) is 10.6 Å². The van der Waals surface area contributed by atoms with Crippen LogP contribution in [0.15, 0.2) is 30.3 Å². The molecule has 0 spiro atoms. The average Bonchev–Trinajstić information content (AvgIpc) is 2.90. The highest BCUT2D eigenvalue weighted by atomic mass is 16.4. The molecular formula is C15H20N2O4. The zero-order valence-corrected chi connectivity index (χ0v) is 11.7. The van der Waals surface area contributed by atoms with Gasteiger partial charge in [0, 0.05) is 6.54 Å². The van der Waals surface area contributed by atoms with Crippen LogP contribution >= 0.6 is 0 Å². The largest absolute Gasteiger partial charge is 0.480 e. The maximum atomic E-state index is 12.0. The Morgan fingerprint density at radius 1 is 1.33 bits per heavy atom. The predicted molar refractivity (Wildman–Crippen MR) is 76.7 cm³/mol. The number of carbonyl (C=O) groups is 2. The van der Waals surface area contributed by atoms with Crippen molar-refractivity contribution < 1.29 is 19.8 Å². The Hall–Kier alpha value is -1.92. The van der Waals surface area contributed by atoms with Crippen LogP contribution in [-0.2, 0) is 16.0 Å². The van der Waals surface area contributed by atoms with Gasteiger partial charge in [0.05, 0.1) is 12.1 Å². The molecule has 2 unspecified atom stereocenters. The number of aliphatic hydroxyl groups excluding tert-OH is 1. The summed E-state index contributed by atoms with van der Waals surface area (Å²) in [6.07, 6.45) is 0.684. The van der Waals surface area contributed by atoms with E-state index in [1.165, 1.54) is 0 Å². The van der Waals surface area contributed by atoms with Crippen LogP contribution in [0.2, 0.25) is 0 Å². The molecule has 6 nitrogen and oxygen atoms in total. The van der Waals surface area contributed by atoms with Gasteiger partial charge >= 0.3 is 5.97 Å². The molecule has 0 aromatic heterocycles. The molecule has 1 heterocycles. The molecule has 2 rings (SSSR count). The highest BCUT2D eigenvalue weighted by Crippen LogP contribution is 2.09. The number of rotatable bonds is 6. The maximum absolute atomic E-state index is 12.0. The first-order chi connectivity index (χ1) is 10.1. The van der Waals surface area contributed by atoms with Crippen molar-refractivity contribution in [2.45, 2.75) is 37.5 Å². The molecule has 0 radical (unpaired) electrons. The third-order valence-electron chi connectivity index (χ3n) is 3.60. The van der Waals surface area contributed by atoms with Gasteiger partial charge in [0.15, 0.2) is 0 Å². The third kappa shape index (κ3) is 4.54. The number of carboxylic acid groups (broad SMARTS) is 1. The number of aliphatic carboxylic acids is 1. The molecule has 0 saturated carbocycles. The van der Waals surface area contributed by atoms with Crippen LogP contribution < -0.4 is 10.6 Å². The fourth-order valence-electron chi connectivity index (χ4n) is 2.40. The molecule has 114 valence electrons. The lowest BCUT2D eigenvalue weighted by atomic mass is 10.0. The molecule has 0 aliphatic carbocycles. The van der Waals surface area contributed by atoms with E-state index >= 15 is 0 Å². The van der Waals surface area contributed by atoms with E-state index in [0.29, 0.717) is 25.8 Å². The molecule has 1 saturated heterocycles. The van der Waals surface area contributed by atoms with E-state index in [4.69, 9.17) is 0 Å². The molecule has 1 aliphatic rings. The number of benzene rings is 1. The number of carbonyl (C=O) groups excluding carboxylic acids is 1. The fraction of sp³-hybridized carbons (Fsp3) is 0.467. The summed E-state index contributed by atoms with van der Waals surface area (Å²) in [7, 11) is 0. The summed E-state index contributed by atoms with van der Waals surface area (Å²) in [5.41, 5.74) is 1.03. The molecule has 1 aromatic rings. The lowest BCUT2D eigenvalue weighted by Gasteiger charge is -2.17. The van der Waals surface area contributed by atoms with Crippen LogP contribution in [0.1, 0.15) is 18.4 Å². The summed E-state index contributed by atoms with van der Waals surface area (Å²) < 4.78 is 0. The summed E-state index contributed by atoms with van der Waals surface area (Å²) in [6.45, 7) is 0.361. The Labute approximate surface area is 123 Å². The van der Waals surface area contributed by atoms with E-state index in [0.717, 1.165) is 5.56 Å². The van der Waals surface area contributed by atoms with Crippen LogP contribution in [0, 0.1) is 0 Å². The first-order valence-corrected chi connectivity index (χ1v) is 7.05. The first kappa shape index (κ1) is 15.5. The van der Waals surface area contributed by atoms with Crippen LogP contribution in [0.25, 0.3) is 0 Å². The lowest BCUT2D eigenvalue weighted by molar-refractivity contribution is -0.142. The number of nitrogens with one attached hydrogen (secondary N) is 2. The molecule has 1 aromatic carbocycles. The number of β-amino-alcohol motifs (C(OH)–C–C–N with tert-alkyl or cyclic N) is 1. The van der Waals surface area contributed by atoms with Gasteiger partial charge in [-0.3, -0.25) is 4.79 Å². The Morgan fingerprint density at radius 2 is 2.05 bits per heavy atom. The summed E-state index contributed by atoms with van der Waals surface area (Å²) in [5, 5.41) is 24.0. The van der Waals surface area contributed by atoms with E-state index in [2.05, 4.69) is 10.6 Å². The van der Waals surface area contributed by atoms with Crippen molar-refractivity contribution in [1.29, 1.82) is 0 Å². The van der Waals surface area contributed by atoms with E-state index in [-0.39, 0.29) is 5.91 Å². The number of aliphatic hydroxyl groups is 1. The molecule has 4 N–H and O–H groups in total. The average molecular weight is 292 g/mol. The van der Waals surface area contributed by atoms with E-state index < -0.39 is 24.2 Å². The highest BCUT2D eigenvalue weighted by molar-refractivity contribution is 5.87. The number of hydrogen-bond acceptors (Lipinski definition) is 4. The van der Waals surface area contributed by atoms with Gasteiger partial charge in [-0.15, -0.1) is 0 Å².